The van der Waals surface area contributed by atoms with E-state index in [1.165, 1.54) is 0 Å². The number of fused-ring (bicyclic) bond motifs is 2. The van der Waals surface area contributed by atoms with Gasteiger partial charge in [-0.05, 0) is 61.1 Å². The molecule has 0 unspecified atom stereocenters. The highest BCUT2D eigenvalue weighted by molar-refractivity contribution is 6.35. The van der Waals surface area contributed by atoms with Crippen LogP contribution in [-0.4, -0.2) is 23.7 Å². The van der Waals surface area contributed by atoms with Crippen molar-refractivity contribution in [3.8, 4) is 0 Å². The summed E-state index contributed by atoms with van der Waals surface area (Å²) in [5, 5.41) is 17.1. The number of aromatic carboxylic acids is 1. The standard InChI is InChI=1S/C26H20O4/c1-14(2)13-30-26(29)22-12-10-20-19-9-11-21(25(27)28)17-7-3-5-15(23(17)19)16-6-4-8-18(22)24(16)20/h3-12,14H,13H2,1-2H3,(H,27,28). The Balaban J connectivity index is 1.89. The van der Waals surface area contributed by atoms with Crippen LogP contribution in [0.15, 0.2) is 60.7 Å². The van der Waals surface area contributed by atoms with Crippen LogP contribution >= 0.6 is 0 Å². The van der Waals surface area contributed by atoms with Gasteiger partial charge in [0, 0.05) is 0 Å². The summed E-state index contributed by atoms with van der Waals surface area (Å²) in [6, 6.07) is 19.0. The minimum Gasteiger partial charge on any atom is -0.478 e. The Morgan fingerprint density at radius 1 is 0.733 bits per heavy atom. The quantitative estimate of drug-likeness (QED) is 0.222. The van der Waals surface area contributed by atoms with Gasteiger partial charge in [-0.2, -0.15) is 0 Å². The molecule has 0 saturated carbocycles. The molecule has 0 spiro atoms. The number of hydrogen-bond donors (Lipinski definition) is 1. The Morgan fingerprint density at radius 2 is 1.20 bits per heavy atom. The third-order valence-corrected chi connectivity index (χ3v) is 5.66. The fraction of sp³-hybridized carbons (Fsp3) is 0.154. The molecule has 148 valence electrons. The summed E-state index contributed by atoms with van der Waals surface area (Å²) in [4.78, 5) is 24.5. The van der Waals surface area contributed by atoms with Crippen LogP contribution in [0.4, 0.5) is 0 Å². The molecule has 4 nitrogen and oxygen atoms in total. The smallest absolute Gasteiger partial charge is 0.338 e. The maximum Gasteiger partial charge on any atom is 0.338 e. The Bertz CT molecular complexity index is 1440. The van der Waals surface area contributed by atoms with Gasteiger partial charge in [-0.25, -0.2) is 9.59 Å². The number of carbonyl (C=O) groups is 2. The van der Waals surface area contributed by atoms with Crippen LogP contribution in [0.1, 0.15) is 34.6 Å². The highest BCUT2D eigenvalue weighted by Crippen LogP contribution is 2.41. The van der Waals surface area contributed by atoms with E-state index in [9.17, 15) is 14.7 Å². The zero-order valence-corrected chi connectivity index (χ0v) is 16.7. The molecule has 5 rings (SSSR count). The van der Waals surface area contributed by atoms with Gasteiger partial charge >= 0.3 is 11.9 Å². The number of ether oxygens (including phenoxy) is 1. The third kappa shape index (κ3) is 2.61. The van der Waals surface area contributed by atoms with Crippen LogP contribution in [-0.2, 0) is 4.74 Å². The van der Waals surface area contributed by atoms with E-state index in [1.807, 2.05) is 68.4 Å². The largest absolute Gasteiger partial charge is 0.478 e. The van der Waals surface area contributed by atoms with Crippen LogP contribution in [0.5, 0.6) is 0 Å². The molecule has 0 radical (unpaired) electrons. The minimum atomic E-state index is -0.939. The molecule has 1 N–H and O–H groups in total. The predicted molar refractivity (Wildman–Crippen MR) is 120 cm³/mol. The van der Waals surface area contributed by atoms with Gasteiger partial charge in [-0.3, -0.25) is 0 Å². The van der Waals surface area contributed by atoms with Gasteiger partial charge in [0.1, 0.15) is 0 Å². The molecule has 0 aliphatic rings. The Morgan fingerprint density at radius 3 is 1.73 bits per heavy atom. The van der Waals surface area contributed by atoms with Crippen LogP contribution in [0.25, 0.3) is 43.1 Å². The molecule has 5 aromatic rings. The monoisotopic (exact) mass is 396 g/mol. The number of hydrogen-bond acceptors (Lipinski definition) is 3. The second-order valence-electron chi connectivity index (χ2n) is 8.08. The Labute approximate surface area is 173 Å². The van der Waals surface area contributed by atoms with Crippen molar-refractivity contribution in [2.75, 3.05) is 6.61 Å². The Kier molecular flexibility index (Phi) is 4.10. The first-order chi connectivity index (χ1) is 14.5. The van der Waals surface area contributed by atoms with Gasteiger partial charge in [0.2, 0.25) is 0 Å². The molecule has 0 heterocycles. The fourth-order valence-electron chi connectivity index (χ4n) is 4.40. The Hall–Kier alpha value is -3.66. The summed E-state index contributed by atoms with van der Waals surface area (Å²) in [6.45, 7) is 4.39. The van der Waals surface area contributed by atoms with E-state index in [1.54, 1.807) is 6.07 Å². The van der Waals surface area contributed by atoms with Crippen molar-refractivity contribution in [2.45, 2.75) is 13.8 Å². The molecule has 5 aromatic carbocycles. The minimum absolute atomic E-state index is 0.266. The fourth-order valence-corrected chi connectivity index (χ4v) is 4.40. The molecular formula is C26H20O4. The second-order valence-corrected chi connectivity index (χ2v) is 8.08. The highest BCUT2D eigenvalue weighted by atomic mass is 16.5. The number of benzene rings is 5. The van der Waals surface area contributed by atoms with Crippen molar-refractivity contribution in [1.29, 1.82) is 0 Å². The molecule has 0 aliphatic heterocycles. The molecule has 0 saturated heterocycles. The molecular weight excluding hydrogens is 376 g/mol. The molecule has 30 heavy (non-hydrogen) atoms. The van der Waals surface area contributed by atoms with E-state index < -0.39 is 5.97 Å². The van der Waals surface area contributed by atoms with Crippen molar-refractivity contribution >= 4 is 55.0 Å². The number of esters is 1. The van der Waals surface area contributed by atoms with Crippen molar-refractivity contribution in [3.63, 3.8) is 0 Å². The summed E-state index contributed by atoms with van der Waals surface area (Å²) in [6.07, 6.45) is 0. The summed E-state index contributed by atoms with van der Waals surface area (Å²) >= 11 is 0. The van der Waals surface area contributed by atoms with Gasteiger partial charge in [0.25, 0.3) is 0 Å². The van der Waals surface area contributed by atoms with Crippen LogP contribution in [0.2, 0.25) is 0 Å². The van der Waals surface area contributed by atoms with Crippen molar-refractivity contribution < 1.29 is 19.4 Å². The van der Waals surface area contributed by atoms with Gasteiger partial charge in [-0.1, -0.05) is 62.4 Å². The van der Waals surface area contributed by atoms with E-state index in [0.717, 1.165) is 43.1 Å². The van der Waals surface area contributed by atoms with Crippen LogP contribution in [0, 0.1) is 5.92 Å². The summed E-state index contributed by atoms with van der Waals surface area (Å²) in [7, 11) is 0. The maximum absolute atomic E-state index is 12.8. The summed E-state index contributed by atoms with van der Waals surface area (Å²) < 4.78 is 5.49. The second kappa shape index (κ2) is 6.70. The molecule has 0 aromatic heterocycles. The number of carbonyl (C=O) groups excluding carboxylic acids is 1. The number of rotatable bonds is 4. The lowest BCUT2D eigenvalue weighted by atomic mass is 9.87. The number of carboxylic acids is 1. The lowest BCUT2D eigenvalue weighted by molar-refractivity contribution is 0.0461. The van der Waals surface area contributed by atoms with Gasteiger partial charge in [-0.15, -0.1) is 0 Å². The molecule has 0 atom stereocenters. The molecule has 0 amide bonds. The summed E-state index contributed by atoms with van der Waals surface area (Å²) in [5.41, 5.74) is 0.842. The van der Waals surface area contributed by atoms with E-state index in [0.29, 0.717) is 17.7 Å². The lowest BCUT2D eigenvalue weighted by Gasteiger charge is -2.17. The van der Waals surface area contributed by atoms with E-state index in [4.69, 9.17) is 4.74 Å². The maximum atomic E-state index is 12.8. The average Bonchev–Trinajstić information content (AvgIpc) is 2.74. The van der Waals surface area contributed by atoms with Crippen molar-refractivity contribution in [1.82, 2.24) is 0 Å². The predicted octanol–water partition coefficient (Wildman–Crippen LogP) is 6.25. The van der Waals surface area contributed by atoms with Crippen molar-refractivity contribution in [2.24, 2.45) is 5.92 Å². The van der Waals surface area contributed by atoms with Crippen molar-refractivity contribution in [3.05, 3.63) is 71.8 Å². The molecule has 0 bridgehead atoms. The molecule has 0 fully saturated rings. The van der Waals surface area contributed by atoms with Gasteiger partial charge in [0.05, 0.1) is 17.7 Å². The molecule has 4 heteroatoms. The number of carboxylic acid groups (broad SMARTS) is 1. The zero-order chi connectivity index (χ0) is 21.0. The van der Waals surface area contributed by atoms with Gasteiger partial charge < -0.3 is 9.84 Å². The van der Waals surface area contributed by atoms with E-state index in [-0.39, 0.29) is 11.9 Å². The first-order valence-corrected chi connectivity index (χ1v) is 10.00. The van der Waals surface area contributed by atoms with E-state index in [2.05, 4.69) is 0 Å². The first-order valence-electron chi connectivity index (χ1n) is 10.00. The highest BCUT2D eigenvalue weighted by Gasteiger charge is 2.20. The third-order valence-electron chi connectivity index (χ3n) is 5.66. The zero-order valence-electron chi connectivity index (χ0n) is 16.7. The van der Waals surface area contributed by atoms with Crippen LogP contribution in [0.3, 0.4) is 0 Å². The van der Waals surface area contributed by atoms with Gasteiger partial charge in [0.15, 0.2) is 0 Å². The summed E-state index contributed by atoms with van der Waals surface area (Å²) in [5.74, 6) is -0.995. The topological polar surface area (TPSA) is 63.6 Å². The SMILES string of the molecule is CC(C)COC(=O)c1ccc2c3ccc(C(=O)O)c4cccc(c5cccc1c52)c43. The molecule has 0 aliphatic carbocycles. The van der Waals surface area contributed by atoms with E-state index >= 15 is 0 Å². The normalized spacial score (nSPS) is 11.8. The average molecular weight is 396 g/mol. The lowest BCUT2D eigenvalue weighted by Crippen LogP contribution is -2.10. The van der Waals surface area contributed by atoms with Crippen LogP contribution < -0.4 is 0 Å². The first kappa shape index (κ1) is 18.4.